The molecule has 4 heteroatoms. The molecule has 1 heterocycles. The molecule has 1 aromatic carbocycles. The van der Waals surface area contributed by atoms with E-state index in [1.165, 1.54) is 0 Å². The predicted octanol–water partition coefficient (Wildman–Crippen LogP) is 3.01. The summed E-state index contributed by atoms with van der Waals surface area (Å²) in [6, 6.07) is 4.10. The van der Waals surface area contributed by atoms with Gasteiger partial charge in [0.25, 0.3) is 0 Å². The molecule has 0 N–H and O–H groups in total. The standard InChI is InChI=1S/C12H13ClN2O/c1-8(2)15-7-14-11-6-10(13)9(3-4-16)5-12(11)15/h4-8H,3H2,1-2H3. The van der Waals surface area contributed by atoms with E-state index in [0.717, 1.165) is 22.9 Å². The van der Waals surface area contributed by atoms with Crippen LogP contribution in [0.3, 0.4) is 0 Å². The Bertz CT molecular complexity index is 531. The Morgan fingerprint density at radius 3 is 2.88 bits per heavy atom. The van der Waals surface area contributed by atoms with E-state index in [1.54, 1.807) is 6.33 Å². The summed E-state index contributed by atoms with van der Waals surface area (Å²) in [4.78, 5) is 14.8. The Morgan fingerprint density at radius 2 is 2.25 bits per heavy atom. The van der Waals surface area contributed by atoms with Crippen LogP contribution in [-0.4, -0.2) is 15.8 Å². The van der Waals surface area contributed by atoms with Crippen molar-refractivity contribution < 1.29 is 4.79 Å². The van der Waals surface area contributed by atoms with Crippen molar-refractivity contribution in [3.05, 3.63) is 29.0 Å². The predicted molar refractivity (Wildman–Crippen MR) is 64.9 cm³/mol. The van der Waals surface area contributed by atoms with E-state index < -0.39 is 0 Å². The molecule has 0 aliphatic rings. The lowest BCUT2D eigenvalue weighted by Gasteiger charge is -2.09. The summed E-state index contributed by atoms with van der Waals surface area (Å²) in [5.41, 5.74) is 2.75. The van der Waals surface area contributed by atoms with Crippen molar-refractivity contribution in [3.8, 4) is 0 Å². The molecule has 2 aromatic rings. The van der Waals surface area contributed by atoms with Gasteiger partial charge >= 0.3 is 0 Å². The number of halogens is 1. The molecule has 0 aliphatic heterocycles. The second kappa shape index (κ2) is 4.26. The molecule has 3 nitrogen and oxygen atoms in total. The second-order valence-electron chi connectivity index (χ2n) is 4.05. The van der Waals surface area contributed by atoms with Crippen LogP contribution in [-0.2, 0) is 11.2 Å². The third-order valence-corrected chi connectivity index (χ3v) is 2.95. The number of rotatable bonds is 3. The molecule has 0 atom stereocenters. The van der Waals surface area contributed by atoms with Gasteiger partial charge in [0.1, 0.15) is 6.29 Å². The molecule has 0 radical (unpaired) electrons. The SMILES string of the molecule is CC(C)n1cnc2cc(Cl)c(CC=O)cc21. The van der Waals surface area contributed by atoms with Crippen LogP contribution in [0.1, 0.15) is 25.5 Å². The highest BCUT2D eigenvalue weighted by atomic mass is 35.5. The number of carbonyl (C=O) groups is 1. The zero-order valence-corrected chi connectivity index (χ0v) is 10.0. The molecule has 0 saturated heterocycles. The Balaban J connectivity index is 2.64. The number of hydrogen-bond acceptors (Lipinski definition) is 2. The van der Waals surface area contributed by atoms with Gasteiger partial charge in [0.2, 0.25) is 0 Å². The fraction of sp³-hybridized carbons (Fsp3) is 0.333. The van der Waals surface area contributed by atoms with Crippen LogP contribution in [0.4, 0.5) is 0 Å². The van der Waals surface area contributed by atoms with Gasteiger partial charge in [0.05, 0.1) is 17.4 Å². The average Bonchev–Trinajstić information content (AvgIpc) is 2.61. The summed E-state index contributed by atoms with van der Waals surface area (Å²) in [5, 5.41) is 0.605. The molecule has 0 amide bonds. The van der Waals surface area contributed by atoms with Gasteiger partial charge in [-0.25, -0.2) is 4.98 Å². The molecule has 0 spiro atoms. The molecule has 84 valence electrons. The fourth-order valence-corrected chi connectivity index (χ4v) is 1.98. The molecule has 0 fully saturated rings. The first-order valence-corrected chi connectivity index (χ1v) is 5.60. The van der Waals surface area contributed by atoms with Gasteiger partial charge in [-0.2, -0.15) is 0 Å². The lowest BCUT2D eigenvalue weighted by Crippen LogP contribution is -1.99. The number of imidazole rings is 1. The Labute approximate surface area is 99.0 Å². The Hall–Kier alpha value is -1.35. The smallest absolute Gasteiger partial charge is 0.124 e. The van der Waals surface area contributed by atoms with Gasteiger partial charge in [-0.1, -0.05) is 11.6 Å². The zero-order valence-electron chi connectivity index (χ0n) is 9.27. The van der Waals surface area contributed by atoms with Gasteiger partial charge in [-0.15, -0.1) is 0 Å². The maximum atomic E-state index is 10.5. The van der Waals surface area contributed by atoms with E-state index in [4.69, 9.17) is 11.6 Å². The number of aromatic nitrogens is 2. The van der Waals surface area contributed by atoms with Gasteiger partial charge in [-0.05, 0) is 31.5 Å². The summed E-state index contributed by atoms with van der Waals surface area (Å²) in [6.07, 6.45) is 3.01. The lowest BCUT2D eigenvalue weighted by atomic mass is 10.1. The maximum absolute atomic E-state index is 10.5. The third-order valence-electron chi connectivity index (χ3n) is 2.60. The van der Waals surface area contributed by atoms with E-state index in [-0.39, 0.29) is 0 Å². The third kappa shape index (κ3) is 1.83. The first kappa shape index (κ1) is 11.1. The summed E-state index contributed by atoms with van der Waals surface area (Å²) in [6.45, 7) is 4.18. The topological polar surface area (TPSA) is 34.9 Å². The van der Waals surface area contributed by atoms with E-state index in [9.17, 15) is 4.79 Å². The van der Waals surface area contributed by atoms with E-state index in [0.29, 0.717) is 17.5 Å². The van der Waals surface area contributed by atoms with Crippen LogP contribution in [0, 0.1) is 0 Å². The van der Waals surface area contributed by atoms with Crippen molar-refractivity contribution in [2.75, 3.05) is 0 Å². The van der Waals surface area contributed by atoms with Gasteiger partial charge in [0.15, 0.2) is 0 Å². The summed E-state index contributed by atoms with van der Waals surface area (Å²) < 4.78 is 2.07. The van der Waals surface area contributed by atoms with Crippen LogP contribution in [0.5, 0.6) is 0 Å². The van der Waals surface area contributed by atoms with Crippen LogP contribution < -0.4 is 0 Å². The highest BCUT2D eigenvalue weighted by Gasteiger charge is 2.09. The highest BCUT2D eigenvalue weighted by molar-refractivity contribution is 6.32. The summed E-state index contributed by atoms with van der Waals surface area (Å²) >= 11 is 6.06. The van der Waals surface area contributed by atoms with Crippen LogP contribution >= 0.6 is 11.6 Å². The monoisotopic (exact) mass is 236 g/mol. The van der Waals surface area contributed by atoms with Gasteiger partial charge < -0.3 is 9.36 Å². The van der Waals surface area contributed by atoms with Crippen molar-refractivity contribution in [1.82, 2.24) is 9.55 Å². The number of hydrogen-bond donors (Lipinski definition) is 0. The molecule has 1 aromatic heterocycles. The van der Waals surface area contributed by atoms with Crippen molar-refractivity contribution in [2.45, 2.75) is 26.3 Å². The molecule has 16 heavy (non-hydrogen) atoms. The van der Waals surface area contributed by atoms with E-state index >= 15 is 0 Å². The number of benzene rings is 1. The van der Waals surface area contributed by atoms with Crippen molar-refractivity contribution in [2.24, 2.45) is 0 Å². The molecule has 0 unspecified atom stereocenters. The van der Waals surface area contributed by atoms with Crippen molar-refractivity contribution in [1.29, 1.82) is 0 Å². The second-order valence-corrected chi connectivity index (χ2v) is 4.46. The van der Waals surface area contributed by atoms with Gasteiger partial charge in [0, 0.05) is 17.5 Å². The van der Waals surface area contributed by atoms with Crippen LogP contribution in [0.2, 0.25) is 5.02 Å². The minimum absolute atomic E-state index is 0.343. The zero-order chi connectivity index (χ0) is 11.7. The molecular formula is C12H13ClN2O. The minimum atomic E-state index is 0.343. The summed E-state index contributed by atoms with van der Waals surface area (Å²) in [7, 11) is 0. The number of nitrogens with zero attached hydrogens (tertiary/aromatic N) is 2. The molecular weight excluding hydrogens is 224 g/mol. The normalized spacial score (nSPS) is 11.2. The quantitative estimate of drug-likeness (QED) is 0.768. The van der Waals surface area contributed by atoms with Crippen LogP contribution in [0.25, 0.3) is 11.0 Å². The maximum Gasteiger partial charge on any atom is 0.124 e. The van der Waals surface area contributed by atoms with E-state index in [1.807, 2.05) is 12.1 Å². The van der Waals surface area contributed by atoms with Crippen molar-refractivity contribution >= 4 is 28.9 Å². The van der Waals surface area contributed by atoms with Gasteiger partial charge in [-0.3, -0.25) is 0 Å². The fourth-order valence-electron chi connectivity index (χ4n) is 1.75. The van der Waals surface area contributed by atoms with E-state index in [2.05, 4.69) is 23.4 Å². The molecule has 0 saturated carbocycles. The molecule has 2 rings (SSSR count). The minimum Gasteiger partial charge on any atom is -0.328 e. The lowest BCUT2D eigenvalue weighted by molar-refractivity contribution is -0.107. The Morgan fingerprint density at radius 1 is 1.50 bits per heavy atom. The Kier molecular flexibility index (Phi) is 2.97. The van der Waals surface area contributed by atoms with Crippen molar-refractivity contribution in [3.63, 3.8) is 0 Å². The summed E-state index contributed by atoms with van der Waals surface area (Å²) in [5.74, 6) is 0. The first-order valence-electron chi connectivity index (χ1n) is 5.22. The molecule has 0 bridgehead atoms. The number of fused-ring (bicyclic) bond motifs is 1. The average molecular weight is 237 g/mol. The van der Waals surface area contributed by atoms with Crippen LogP contribution in [0.15, 0.2) is 18.5 Å². The highest BCUT2D eigenvalue weighted by Crippen LogP contribution is 2.25. The largest absolute Gasteiger partial charge is 0.328 e. The number of aldehydes is 1. The number of carbonyl (C=O) groups excluding carboxylic acids is 1. The first-order chi connectivity index (χ1) is 7.63. The molecule has 0 aliphatic carbocycles.